The van der Waals surface area contributed by atoms with Crippen molar-refractivity contribution in [2.45, 2.75) is 24.8 Å². The lowest BCUT2D eigenvalue weighted by atomic mass is 10.2. The summed E-state index contributed by atoms with van der Waals surface area (Å²) >= 11 is 0. The Kier molecular flexibility index (Phi) is 15.5. The summed E-state index contributed by atoms with van der Waals surface area (Å²) in [6.07, 6.45) is -0.405. The third-order valence-corrected chi connectivity index (χ3v) is 10.9. The molecule has 6 N–H and O–H groups in total. The molecule has 0 aliphatic rings. The van der Waals surface area contributed by atoms with Crippen molar-refractivity contribution in [3.05, 3.63) is 59.7 Å². The van der Waals surface area contributed by atoms with Crippen LogP contribution in [-0.2, 0) is 23.3 Å². The van der Waals surface area contributed by atoms with Crippen molar-refractivity contribution >= 4 is 45.0 Å². The molecule has 0 bridgehead atoms. The number of ether oxygens (including phenoxy) is 4. The molecule has 0 radical (unpaired) electrons. The van der Waals surface area contributed by atoms with E-state index in [1.165, 1.54) is 30.5 Å². The van der Waals surface area contributed by atoms with Gasteiger partial charge in [0.25, 0.3) is 0 Å². The number of hydrogen-bond donors (Lipinski definition) is 6. The summed E-state index contributed by atoms with van der Waals surface area (Å²) in [5.41, 5.74) is 3.50. The predicted octanol–water partition coefficient (Wildman–Crippen LogP) is 2.99. The van der Waals surface area contributed by atoms with E-state index in [1.807, 2.05) is 0 Å². The molecule has 0 aliphatic carbocycles. The Hall–Kier alpha value is -3.82. The summed E-state index contributed by atoms with van der Waals surface area (Å²) in [6, 6.07) is 12.8. The number of hydrogen-bond acceptors (Lipinski definition) is 12. The van der Waals surface area contributed by atoms with Gasteiger partial charge in [-0.25, -0.2) is 19.8 Å². The Morgan fingerprint density at radius 1 is 0.957 bits per heavy atom. The van der Waals surface area contributed by atoms with Gasteiger partial charge in [-0.05, 0) is 62.4 Å². The maximum atomic E-state index is 11.9. The molecule has 2 atom stereocenters. The van der Waals surface area contributed by atoms with Gasteiger partial charge in [-0.2, -0.15) is 5.10 Å². The largest absolute Gasteiger partial charge is 0.494 e. The maximum Gasteiger partial charge on any atom is 0.427 e. The molecule has 2 amide bonds. The van der Waals surface area contributed by atoms with Crippen molar-refractivity contribution in [3.63, 3.8) is 0 Å². The molecule has 2 aromatic carbocycles. The van der Waals surface area contributed by atoms with Crippen molar-refractivity contribution in [2.75, 3.05) is 58.5 Å². The molecule has 0 saturated heterocycles. The van der Waals surface area contributed by atoms with Crippen LogP contribution in [0.4, 0.5) is 15.3 Å². The molecule has 0 aromatic heterocycles. The zero-order chi connectivity index (χ0) is 35.1. The van der Waals surface area contributed by atoms with Crippen molar-refractivity contribution in [2.24, 2.45) is 5.10 Å². The number of rotatable bonds is 18. The number of amides is 2. The molecule has 0 saturated carbocycles. The molecule has 0 fully saturated rings. The first-order valence-corrected chi connectivity index (χ1v) is 17.9. The Morgan fingerprint density at radius 3 is 2.23 bits per heavy atom. The zero-order valence-electron chi connectivity index (χ0n) is 26.1. The normalized spacial score (nSPS) is 14.1. The number of aliphatic hydroxyl groups is 1. The van der Waals surface area contributed by atoms with Crippen LogP contribution >= 0.6 is 15.0 Å². The monoisotopic (exact) mass is 702 g/mol. The number of benzene rings is 2. The van der Waals surface area contributed by atoms with Crippen molar-refractivity contribution < 1.29 is 62.2 Å². The van der Waals surface area contributed by atoms with Crippen LogP contribution in [-0.4, -0.2) is 107 Å². The highest BCUT2D eigenvalue weighted by Crippen LogP contribution is 2.69. The van der Waals surface area contributed by atoms with E-state index in [9.17, 15) is 43.3 Å². The van der Waals surface area contributed by atoms with Gasteiger partial charge in [-0.3, -0.25) is 14.4 Å². The fraction of sp³-hybridized carbons (Fsp3) is 0.429. The van der Waals surface area contributed by atoms with Crippen LogP contribution in [0.25, 0.3) is 0 Å². The summed E-state index contributed by atoms with van der Waals surface area (Å²) in [5, 5.41) is 13.5. The molecule has 17 nitrogen and oxygen atoms in total. The van der Waals surface area contributed by atoms with E-state index in [-0.39, 0.29) is 33.0 Å². The van der Waals surface area contributed by atoms with Gasteiger partial charge in [0.05, 0.1) is 25.0 Å². The van der Waals surface area contributed by atoms with Crippen molar-refractivity contribution in [1.29, 1.82) is 0 Å². The summed E-state index contributed by atoms with van der Waals surface area (Å²) in [4.78, 5) is 65.5. The molecule has 19 heteroatoms. The average molecular weight is 703 g/mol. The number of carbonyl (C=O) groups excluding carboxylic acids is 3. The minimum atomic E-state index is -5.26. The van der Waals surface area contributed by atoms with Crippen LogP contribution in [0, 0.1) is 0 Å². The van der Waals surface area contributed by atoms with E-state index in [1.54, 1.807) is 43.1 Å². The average Bonchev–Trinajstić information content (AvgIpc) is 3.00. The number of anilines is 1. The molecule has 0 aliphatic heterocycles. The first-order chi connectivity index (χ1) is 22.1. The van der Waals surface area contributed by atoms with E-state index < -0.39 is 44.6 Å². The van der Waals surface area contributed by atoms with Gasteiger partial charge >= 0.3 is 25.8 Å². The van der Waals surface area contributed by atoms with Crippen LogP contribution in [0.3, 0.4) is 0 Å². The third-order valence-electron chi connectivity index (χ3n) is 6.33. The molecule has 2 aromatic rings. The van der Waals surface area contributed by atoms with E-state index in [0.717, 1.165) is 0 Å². The van der Waals surface area contributed by atoms with Crippen LogP contribution in [0.15, 0.2) is 53.6 Å². The van der Waals surface area contributed by atoms with E-state index in [0.29, 0.717) is 42.2 Å². The minimum Gasteiger partial charge on any atom is -0.494 e. The summed E-state index contributed by atoms with van der Waals surface area (Å²) in [7, 11) is -8.13. The summed E-state index contributed by atoms with van der Waals surface area (Å²) in [6.45, 7) is 2.83. The lowest BCUT2D eigenvalue weighted by Crippen LogP contribution is -2.34. The number of hydrazone groups is 1. The topological polar surface area (TPSA) is 243 Å². The number of nitrogens with zero attached hydrogens (tertiary/aromatic N) is 2. The molecule has 47 heavy (non-hydrogen) atoms. The predicted molar refractivity (Wildman–Crippen MR) is 171 cm³/mol. The van der Waals surface area contributed by atoms with Crippen LogP contribution in [0.2, 0.25) is 0 Å². The fourth-order valence-electron chi connectivity index (χ4n) is 3.78. The van der Waals surface area contributed by atoms with E-state index in [4.69, 9.17) is 18.9 Å². The minimum absolute atomic E-state index is 0.0421. The quantitative estimate of drug-likeness (QED) is 0.0327. The lowest BCUT2D eigenvalue weighted by molar-refractivity contribution is 0.0526. The first kappa shape index (κ1) is 39.4. The van der Waals surface area contributed by atoms with Gasteiger partial charge < -0.3 is 43.6 Å². The highest BCUT2D eigenvalue weighted by molar-refractivity contribution is 7.74. The maximum absolute atomic E-state index is 11.9. The van der Waals surface area contributed by atoms with Crippen LogP contribution < -0.4 is 15.5 Å². The highest BCUT2D eigenvalue weighted by Gasteiger charge is 2.56. The van der Waals surface area contributed by atoms with Crippen LogP contribution in [0.5, 0.6) is 5.75 Å². The van der Waals surface area contributed by atoms with E-state index in [2.05, 4.69) is 15.8 Å². The highest BCUT2D eigenvalue weighted by atomic mass is 31.2. The van der Waals surface area contributed by atoms with Gasteiger partial charge in [0.1, 0.15) is 19.0 Å². The summed E-state index contributed by atoms with van der Waals surface area (Å²) in [5.74, 6) is 0.0302. The Labute approximate surface area is 271 Å². The van der Waals surface area contributed by atoms with Gasteiger partial charge in [0.15, 0.2) is 0 Å². The Balaban J connectivity index is 1.66. The second kappa shape index (κ2) is 18.5. The van der Waals surface area contributed by atoms with Gasteiger partial charge in [-0.15, -0.1) is 0 Å². The number of carbonyl (C=O) groups is 3. The van der Waals surface area contributed by atoms with Crippen molar-refractivity contribution in [1.82, 2.24) is 10.3 Å². The molecular weight excluding hydrogens is 662 g/mol. The molecule has 2 unspecified atom stereocenters. The molecule has 2 rings (SSSR count). The lowest BCUT2D eigenvalue weighted by Gasteiger charge is -2.32. The number of esters is 1. The van der Waals surface area contributed by atoms with Crippen molar-refractivity contribution in [3.8, 4) is 5.75 Å². The third kappa shape index (κ3) is 13.4. The standard InChI is InChI=1S/C28H40N4O13P2/c1-4-42-25(33)22-9-11-23(12-10-22)30-26(34)44-17-18-45-27(35)31-29-20-21-7-5-8-24(19-21)43-16-6-14-32(2)15-13-28(36,46(3,37)38)47(39,40)41/h5,7-12,19-20,36H,4,6,13-18H2,1-3H3,(H,30,34)(H,31,35)(H,37,38)(H2,39,40,41)/b29-20+. The molecule has 0 spiro atoms. The van der Waals surface area contributed by atoms with E-state index >= 15 is 0 Å². The number of nitrogens with one attached hydrogen (secondary N) is 2. The summed E-state index contributed by atoms with van der Waals surface area (Å²) < 4.78 is 44.0. The zero-order valence-corrected chi connectivity index (χ0v) is 27.9. The Morgan fingerprint density at radius 2 is 1.62 bits per heavy atom. The first-order valence-electron chi connectivity index (χ1n) is 14.2. The van der Waals surface area contributed by atoms with Gasteiger partial charge in [0.2, 0.25) is 12.5 Å². The van der Waals surface area contributed by atoms with Crippen LogP contribution in [0.1, 0.15) is 35.7 Å². The molecular formula is C28H40N4O13P2. The Bertz CT molecular complexity index is 1440. The second-order valence-corrected chi connectivity index (χ2v) is 14.8. The smallest absolute Gasteiger partial charge is 0.427 e. The fourth-order valence-corrected chi connectivity index (χ4v) is 6.61. The molecule has 260 valence electrons. The SMILES string of the molecule is CCOC(=O)c1ccc(NC(=O)OCCOC(=O)N/N=C/c2cccc(OCCCN(C)CCC(O)(P(C)(=O)O)P(=O)(O)O)c2)cc1. The molecule has 0 heterocycles. The second-order valence-electron chi connectivity index (χ2n) is 10.1. The van der Waals surface area contributed by atoms with Gasteiger partial charge in [-0.1, -0.05) is 12.1 Å². The van der Waals surface area contributed by atoms with Gasteiger partial charge in [0, 0.05) is 31.9 Å².